The number of nitrogens with one attached hydrogen (secondary N) is 1. The number of nitrogens with zero attached hydrogens (tertiary/aromatic N) is 4. The number of piperazine rings is 1. The van der Waals surface area contributed by atoms with Crippen molar-refractivity contribution < 1.29 is 0 Å². The number of rotatable bonds is 1. The molecule has 5 nitrogen and oxygen atoms in total. The third-order valence-electron chi connectivity index (χ3n) is 3.31. The molecular weight excluding hydrogens is 202 g/mol. The quantitative estimate of drug-likeness (QED) is 0.713. The maximum absolute atomic E-state index is 4.67. The van der Waals surface area contributed by atoms with Gasteiger partial charge in [-0.25, -0.2) is 4.98 Å². The van der Waals surface area contributed by atoms with Gasteiger partial charge < -0.3 is 15.1 Å². The predicted molar refractivity (Wildman–Crippen MR) is 64.1 cm³/mol. The van der Waals surface area contributed by atoms with Gasteiger partial charge in [-0.05, 0) is 6.42 Å². The molecule has 0 saturated carbocycles. The molecule has 3 rings (SSSR count). The predicted octanol–water partition coefficient (Wildman–Crippen LogP) is -0.121. The van der Waals surface area contributed by atoms with Gasteiger partial charge in [0.05, 0.1) is 0 Å². The summed E-state index contributed by atoms with van der Waals surface area (Å²) in [7, 11) is 2.10. The highest BCUT2D eigenvalue weighted by Gasteiger charge is 2.20. The van der Waals surface area contributed by atoms with Crippen LogP contribution >= 0.6 is 0 Å². The second kappa shape index (κ2) is 3.90. The SMILES string of the molecule is CN1CCc2cnc(N3CCNCC3)nc21. The Hall–Kier alpha value is -1.36. The van der Waals surface area contributed by atoms with Crippen molar-refractivity contribution in [2.24, 2.45) is 0 Å². The van der Waals surface area contributed by atoms with E-state index >= 15 is 0 Å². The summed E-state index contributed by atoms with van der Waals surface area (Å²) in [4.78, 5) is 13.6. The van der Waals surface area contributed by atoms with Crippen LogP contribution < -0.4 is 15.1 Å². The van der Waals surface area contributed by atoms with Gasteiger partial charge in [0.15, 0.2) is 0 Å². The van der Waals surface area contributed by atoms with Crippen molar-refractivity contribution in [1.82, 2.24) is 15.3 Å². The maximum Gasteiger partial charge on any atom is 0.227 e. The molecule has 2 aliphatic rings. The lowest BCUT2D eigenvalue weighted by Gasteiger charge is -2.27. The molecule has 0 bridgehead atoms. The van der Waals surface area contributed by atoms with E-state index in [2.05, 4.69) is 32.1 Å². The van der Waals surface area contributed by atoms with Gasteiger partial charge in [0.2, 0.25) is 5.95 Å². The van der Waals surface area contributed by atoms with Gasteiger partial charge in [-0.3, -0.25) is 0 Å². The van der Waals surface area contributed by atoms with E-state index in [1.807, 2.05) is 6.20 Å². The number of hydrogen-bond donors (Lipinski definition) is 1. The molecule has 0 radical (unpaired) electrons. The molecule has 1 N–H and O–H groups in total. The molecule has 1 fully saturated rings. The van der Waals surface area contributed by atoms with Crippen molar-refractivity contribution in [2.45, 2.75) is 6.42 Å². The Morgan fingerprint density at radius 1 is 1.25 bits per heavy atom. The van der Waals surface area contributed by atoms with Crippen LogP contribution in [0, 0.1) is 0 Å². The maximum atomic E-state index is 4.67. The molecule has 5 heteroatoms. The summed E-state index contributed by atoms with van der Waals surface area (Å²) in [5, 5.41) is 3.34. The zero-order valence-corrected chi connectivity index (χ0v) is 9.61. The second-order valence-corrected chi connectivity index (χ2v) is 4.43. The minimum Gasteiger partial charge on any atom is -0.359 e. The zero-order valence-electron chi connectivity index (χ0n) is 9.61. The van der Waals surface area contributed by atoms with Gasteiger partial charge in [-0.1, -0.05) is 0 Å². The first-order valence-corrected chi connectivity index (χ1v) is 5.87. The summed E-state index contributed by atoms with van der Waals surface area (Å²) in [5.74, 6) is 2.00. The molecule has 0 amide bonds. The van der Waals surface area contributed by atoms with Gasteiger partial charge in [0.1, 0.15) is 5.82 Å². The molecule has 3 heterocycles. The van der Waals surface area contributed by atoms with Crippen LogP contribution in [0.15, 0.2) is 6.20 Å². The Labute approximate surface area is 95.5 Å². The topological polar surface area (TPSA) is 44.3 Å². The molecule has 16 heavy (non-hydrogen) atoms. The second-order valence-electron chi connectivity index (χ2n) is 4.43. The Morgan fingerprint density at radius 3 is 2.88 bits per heavy atom. The average Bonchev–Trinajstić information content (AvgIpc) is 2.72. The summed E-state index contributed by atoms with van der Waals surface area (Å²) in [6.07, 6.45) is 3.07. The lowest BCUT2D eigenvalue weighted by Crippen LogP contribution is -2.44. The normalized spacial score (nSPS) is 20.1. The van der Waals surface area contributed by atoms with Gasteiger partial charge in [0.25, 0.3) is 0 Å². The Bertz CT molecular complexity index is 386. The van der Waals surface area contributed by atoms with Crippen molar-refractivity contribution >= 4 is 11.8 Å². The van der Waals surface area contributed by atoms with E-state index in [-0.39, 0.29) is 0 Å². The minimum absolute atomic E-state index is 0.883. The highest BCUT2D eigenvalue weighted by Crippen LogP contribution is 2.25. The third-order valence-corrected chi connectivity index (χ3v) is 3.31. The van der Waals surface area contributed by atoms with Crippen LogP contribution in [0.25, 0.3) is 0 Å². The third kappa shape index (κ3) is 1.61. The number of fused-ring (bicyclic) bond motifs is 1. The van der Waals surface area contributed by atoms with Crippen LogP contribution in [0.5, 0.6) is 0 Å². The molecule has 2 aliphatic heterocycles. The molecule has 1 aromatic rings. The molecule has 1 aromatic heterocycles. The van der Waals surface area contributed by atoms with Gasteiger partial charge in [0, 0.05) is 51.5 Å². The molecule has 1 saturated heterocycles. The van der Waals surface area contributed by atoms with E-state index in [0.717, 1.165) is 50.9 Å². The molecule has 86 valence electrons. The van der Waals surface area contributed by atoms with Gasteiger partial charge >= 0.3 is 0 Å². The minimum atomic E-state index is 0.883. The molecule has 0 aromatic carbocycles. The first kappa shape index (κ1) is 9.84. The standard InChI is InChI=1S/C11H17N5/c1-15-5-2-9-8-13-11(14-10(9)15)16-6-3-12-4-7-16/h8,12H,2-7H2,1H3. The van der Waals surface area contributed by atoms with E-state index in [0.29, 0.717) is 0 Å². The van der Waals surface area contributed by atoms with Crippen molar-refractivity contribution in [1.29, 1.82) is 0 Å². The lowest BCUT2D eigenvalue weighted by atomic mass is 10.3. The summed E-state index contributed by atoms with van der Waals surface area (Å²) >= 11 is 0. The van der Waals surface area contributed by atoms with Crippen LogP contribution in [0.4, 0.5) is 11.8 Å². The van der Waals surface area contributed by atoms with Gasteiger partial charge in [-0.15, -0.1) is 0 Å². The first-order valence-electron chi connectivity index (χ1n) is 5.87. The molecule has 0 aliphatic carbocycles. The highest BCUT2D eigenvalue weighted by molar-refractivity contribution is 5.53. The number of likely N-dealkylation sites (N-methyl/N-ethyl adjacent to an activating group) is 1. The van der Waals surface area contributed by atoms with Crippen molar-refractivity contribution in [2.75, 3.05) is 49.6 Å². The van der Waals surface area contributed by atoms with E-state index in [1.165, 1.54) is 5.56 Å². The number of hydrogen-bond acceptors (Lipinski definition) is 5. The summed E-state index contributed by atoms with van der Waals surface area (Å²) in [6.45, 7) is 5.12. The van der Waals surface area contributed by atoms with E-state index in [4.69, 9.17) is 0 Å². The van der Waals surface area contributed by atoms with E-state index in [9.17, 15) is 0 Å². The van der Waals surface area contributed by atoms with Crippen molar-refractivity contribution in [3.63, 3.8) is 0 Å². The van der Waals surface area contributed by atoms with Gasteiger partial charge in [-0.2, -0.15) is 4.98 Å². The lowest BCUT2D eigenvalue weighted by molar-refractivity contribution is 0.580. The van der Waals surface area contributed by atoms with E-state index in [1.54, 1.807) is 0 Å². The molecular formula is C11H17N5. The molecule has 0 unspecified atom stereocenters. The average molecular weight is 219 g/mol. The van der Waals surface area contributed by atoms with Crippen LogP contribution in [-0.4, -0.2) is 49.7 Å². The fourth-order valence-corrected chi connectivity index (χ4v) is 2.31. The van der Waals surface area contributed by atoms with Crippen LogP contribution in [-0.2, 0) is 6.42 Å². The van der Waals surface area contributed by atoms with Crippen molar-refractivity contribution in [3.05, 3.63) is 11.8 Å². The molecule has 0 atom stereocenters. The summed E-state index contributed by atoms with van der Waals surface area (Å²) in [6, 6.07) is 0. The van der Waals surface area contributed by atoms with Crippen LogP contribution in [0.3, 0.4) is 0 Å². The number of aromatic nitrogens is 2. The first-order chi connectivity index (χ1) is 7.84. The molecule has 0 spiro atoms. The van der Waals surface area contributed by atoms with Crippen molar-refractivity contribution in [3.8, 4) is 0 Å². The van der Waals surface area contributed by atoms with Crippen LogP contribution in [0.1, 0.15) is 5.56 Å². The Balaban J connectivity index is 1.88. The zero-order chi connectivity index (χ0) is 11.0. The van der Waals surface area contributed by atoms with E-state index < -0.39 is 0 Å². The Kier molecular flexibility index (Phi) is 2.40. The summed E-state index contributed by atoms with van der Waals surface area (Å²) in [5.41, 5.74) is 1.28. The monoisotopic (exact) mass is 219 g/mol. The summed E-state index contributed by atoms with van der Waals surface area (Å²) < 4.78 is 0. The largest absolute Gasteiger partial charge is 0.359 e. The highest BCUT2D eigenvalue weighted by atomic mass is 15.3. The number of anilines is 2. The van der Waals surface area contributed by atoms with Crippen LogP contribution in [0.2, 0.25) is 0 Å². The smallest absolute Gasteiger partial charge is 0.227 e. The Morgan fingerprint density at radius 2 is 2.06 bits per heavy atom. The fraction of sp³-hybridized carbons (Fsp3) is 0.636. The fourth-order valence-electron chi connectivity index (χ4n) is 2.31.